The van der Waals surface area contributed by atoms with Gasteiger partial charge in [0.05, 0.1) is 24.2 Å². The van der Waals surface area contributed by atoms with Crippen LogP contribution in [0.1, 0.15) is 44.2 Å². The van der Waals surface area contributed by atoms with E-state index in [4.69, 9.17) is 14.2 Å². The Kier molecular flexibility index (Phi) is 5.16. The van der Waals surface area contributed by atoms with Crippen LogP contribution in [0.5, 0.6) is 11.5 Å². The minimum atomic E-state index is -5.92. The number of piperidine rings is 1. The predicted octanol–water partition coefficient (Wildman–Crippen LogP) is 2.78. The summed E-state index contributed by atoms with van der Waals surface area (Å²) in [5, 5.41) is 12.5. The van der Waals surface area contributed by atoms with Gasteiger partial charge in [-0.1, -0.05) is 17.7 Å². The summed E-state index contributed by atoms with van der Waals surface area (Å²) in [6.07, 6.45) is 2.79. The molecule has 36 heavy (non-hydrogen) atoms. The van der Waals surface area contributed by atoms with Gasteiger partial charge in [0.2, 0.25) is 5.79 Å². The third-order valence-corrected chi connectivity index (χ3v) is 9.52. The smallest absolute Gasteiger partial charge is 0.479 e. The monoisotopic (exact) mass is 531 g/mol. The summed E-state index contributed by atoms with van der Waals surface area (Å²) >= 11 is 0. The van der Waals surface area contributed by atoms with E-state index in [1.165, 1.54) is 6.07 Å². The standard InChI is InChI=1S/C24H28F3NO7S/c1-14(2)5-9-28-10-8-21-18-15-3-4-16(35-36(30,31)24(25,26)27)19(18)34-20(21)23(32-11-12-33-23)7-6-22(21,29)17(28)13-15/h3-5,17,20,29H,6-13H2,1-2H3/t17-,20?,21+,22?/m0/s1. The molecule has 2 spiro atoms. The number of benzene rings is 1. The van der Waals surface area contributed by atoms with E-state index < -0.39 is 44.3 Å². The van der Waals surface area contributed by atoms with Gasteiger partial charge >= 0.3 is 15.6 Å². The van der Waals surface area contributed by atoms with Gasteiger partial charge in [-0.3, -0.25) is 4.90 Å². The number of fused-ring (bicyclic) bond motifs is 1. The van der Waals surface area contributed by atoms with E-state index in [0.29, 0.717) is 57.6 Å². The number of alkyl halides is 3. The lowest BCUT2D eigenvalue weighted by Gasteiger charge is -2.65. The molecule has 1 saturated carbocycles. The van der Waals surface area contributed by atoms with Crippen LogP contribution in [0, 0.1) is 0 Å². The number of allylic oxidation sites excluding steroid dienone is 1. The second kappa shape index (κ2) is 7.59. The quantitative estimate of drug-likeness (QED) is 0.360. The molecule has 4 atom stereocenters. The van der Waals surface area contributed by atoms with Gasteiger partial charge in [0, 0.05) is 24.6 Å². The maximum absolute atomic E-state index is 13.2. The van der Waals surface area contributed by atoms with Gasteiger partial charge in [-0.25, -0.2) is 0 Å². The fourth-order valence-electron chi connectivity index (χ4n) is 7.09. The Hall–Kier alpha value is -1.86. The van der Waals surface area contributed by atoms with Crippen molar-refractivity contribution >= 4 is 10.1 Å². The van der Waals surface area contributed by atoms with Crippen LogP contribution in [-0.2, 0) is 31.4 Å². The highest BCUT2D eigenvalue weighted by molar-refractivity contribution is 7.88. The Morgan fingerprint density at radius 3 is 2.61 bits per heavy atom. The van der Waals surface area contributed by atoms with Gasteiger partial charge in [0.15, 0.2) is 17.6 Å². The molecule has 2 saturated heterocycles. The van der Waals surface area contributed by atoms with Gasteiger partial charge in [-0.2, -0.15) is 21.6 Å². The molecule has 6 rings (SSSR count). The molecule has 12 heteroatoms. The first-order chi connectivity index (χ1) is 16.8. The molecule has 198 valence electrons. The molecule has 0 amide bonds. The van der Waals surface area contributed by atoms with E-state index in [1.807, 2.05) is 13.8 Å². The van der Waals surface area contributed by atoms with Crippen molar-refractivity contribution < 1.29 is 45.1 Å². The molecule has 2 bridgehead atoms. The first-order valence-corrected chi connectivity index (χ1v) is 13.5. The zero-order chi connectivity index (χ0) is 25.7. The average molecular weight is 532 g/mol. The average Bonchev–Trinajstić information content (AvgIpc) is 3.39. The van der Waals surface area contributed by atoms with Gasteiger partial charge in [-0.15, -0.1) is 0 Å². The van der Waals surface area contributed by atoms with Gasteiger partial charge in [-0.05, 0) is 51.3 Å². The number of hydrogen-bond acceptors (Lipinski definition) is 8. The van der Waals surface area contributed by atoms with Gasteiger partial charge in [0.1, 0.15) is 0 Å². The molecule has 1 aromatic carbocycles. The zero-order valence-corrected chi connectivity index (χ0v) is 20.7. The number of ether oxygens (including phenoxy) is 3. The Labute approximate surface area is 207 Å². The Morgan fingerprint density at radius 2 is 1.94 bits per heavy atom. The summed E-state index contributed by atoms with van der Waals surface area (Å²) in [6, 6.07) is 2.52. The van der Waals surface area contributed by atoms with Crippen molar-refractivity contribution in [2.45, 2.75) is 74.0 Å². The number of halogens is 3. The Balaban J connectivity index is 1.53. The molecule has 2 aliphatic carbocycles. The second-order valence-electron chi connectivity index (χ2n) is 10.6. The van der Waals surface area contributed by atoms with Crippen molar-refractivity contribution in [1.29, 1.82) is 0 Å². The van der Waals surface area contributed by atoms with E-state index in [1.54, 1.807) is 6.07 Å². The summed E-state index contributed by atoms with van der Waals surface area (Å²) in [4.78, 5) is 2.24. The van der Waals surface area contributed by atoms with Crippen LogP contribution in [0.25, 0.3) is 0 Å². The van der Waals surface area contributed by atoms with Crippen LogP contribution < -0.4 is 8.92 Å². The van der Waals surface area contributed by atoms with Gasteiger partial charge < -0.3 is 23.5 Å². The molecule has 8 nitrogen and oxygen atoms in total. The number of likely N-dealkylation sites (tertiary alicyclic amines) is 1. The van der Waals surface area contributed by atoms with Crippen LogP contribution in [0.3, 0.4) is 0 Å². The van der Waals surface area contributed by atoms with Gasteiger partial charge in [0.25, 0.3) is 0 Å². The van der Waals surface area contributed by atoms with Crippen molar-refractivity contribution in [3.63, 3.8) is 0 Å². The van der Waals surface area contributed by atoms with E-state index in [0.717, 1.165) is 11.1 Å². The maximum Gasteiger partial charge on any atom is 0.534 e. The van der Waals surface area contributed by atoms with Crippen molar-refractivity contribution in [2.75, 3.05) is 26.3 Å². The van der Waals surface area contributed by atoms with E-state index in [9.17, 15) is 26.7 Å². The Morgan fingerprint density at radius 1 is 1.22 bits per heavy atom. The fraction of sp³-hybridized carbons (Fsp3) is 0.667. The highest BCUT2D eigenvalue weighted by atomic mass is 32.2. The molecule has 3 heterocycles. The molecule has 0 aromatic heterocycles. The largest absolute Gasteiger partial charge is 0.534 e. The number of hydrogen-bond donors (Lipinski definition) is 1. The Bertz CT molecular complexity index is 1240. The minimum Gasteiger partial charge on any atom is -0.479 e. The number of aliphatic hydroxyl groups is 1. The molecule has 1 aromatic rings. The summed E-state index contributed by atoms with van der Waals surface area (Å²) in [7, 11) is -5.92. The molecule has 5 aliphatic rings. The van der Waals surface area contributed by atoms with Crippen molar-refractivity contribution in [2.24, 2.45) is 0 Å². The molecule has 0 radical (unpaired) electrons. The third kappa shape index (κ3) is 3.05. The molecule has 1 N–H and O–H groups in total. The lowest BCUT2D eigenvalue weighted by molar-refractivity contribution is -0.296. The molecule has 2 unspecified atom stereocenters. The maximum atomic E-state index is 13.2. The van der Waals surface area contributed by atoms with Crippen LogP contribution in [0.15, 0.2) is 23.8 Å². The molecule has 3 aliphatic heterocycles. The number of nitrogens with zero attached hydrogens (tertiary/aromatic N) is 1. The molecular formula is C24H28F3NO7S. The lowest BCUT2D eigenvalue weighted by atomic mass is 9.48. The zero-order valence-electron chi connectivity index (χ0n) is 19.9. The van der Waals surface area contributed by atoms with Crippen LogP contribution in [-0.4, -0.2) is 73.8 Å². The summed E-state index contributed by atoms with van der Waals surface area (Å²) in [5.74, 6) is -1.82. The minimum absolute atomic E-state index is 0.0830. The number of rotatable bonds is 4. The van der Waals surface area contributed by atoms with E-state index >= 15 is 0 Å². The first-order valence-electron chi connectivity index (χ1n) is 12.1. The molecular weight excluding hydrogens is 503 g/mol. The summed E-state index contributed by atoms with van der Waals surface area (Å²) in [5.41, 5.74) is -5.47. The van der Waals surface area contributed by atoms with E-state index in [-0.39, 0.29) is 11.8 Å². The van der Waals surface area contributed by atoms with E-state index in [2.05, 4.69) is 15.2 Å². The lowest BCUT2D eigenvalue weighted by Crippen LogP contribution is -2.79. The topological polar surface area (TPSA) is 94.5 Å². The van der Waals surface area contributed by atoms with Crippen LogP contribution in [0.2, 0.25) is 0 Å². The fourth-order valence-corrected chi connectivity index (χ4v) is 7.56. The predicted molar refractivity (Wildman–Crippen MR) is 120 cm³/mol. The molecule has 3 fully saturated rings. The van der Waals surface area contributed by atoms with Crippen LogP contribution >= 0.6 is 0 Å². The SMILES string of the molecule is CC(C)=CCN1CC[C@@]23c4c5ccc(OS(=O)(=O)C(F)(F)F)c4OC2C2(CCC3(O)[C@@H]1C5)OCCO2. The van der Waals surface area contributed by atoms with Crippen molar-refractivity contribution in [3.05, 3.63) is 34.9 Å². The highest BCUT2D eigenvalue weighted by Crippen LogP contribution is 2.68. The third-order valence-electron chi connectivity index (χ3n) is 8.56. The van der Waals surface area contributed by atoms with Crippen LogP contribution in [0.4, 0.5) is 13.2 Å². The normalized spacial score (nSPS) is 34.3. The first kappa shape index (κ1) is 24.5. The van der Waals surface area contributed by atoms with Crippen molar-refractivity contribution in [3.8, 4) is 11.5 Å². The summed E-state index contributed by atoms with van der Waals surface area (Å²) < 4.78 is 86.2. The van der Waals surface area contributed by atoms with Crippen molar-refractivity contribution in [1.82, 2.24) is 4.90 Å². The highest BCUT2D eigenvalue weighted by Gasteiger charge is 2.77. The second-order valence-corrected chi connectivity index (χ2v) is 12.1. The summed E-state index contributed by atoms with van der Waals surface area (Å²) in [6.45, 7) is 5.93.